The lowest BCUT2D eigenvalue weighted by atomic mass is 9.99. The van der Waals surface area contributed by atoms with Crippen molar-refractivity contribution in [2.24, 2.45) is 17.8 Å². The van der Waals surface area contributed by atoms with E-state index < -0.39 is 6.10 Å². The summed E-state index contributed by atoms with van der Waals surface area (Å²) in [6, 6.07) is 0. The van der Waals surface area contributed by atoms with Gasteiger partial charge < -0.3 is 14.2 Å². The molecule has 0 N–H and O–H groups in total. The second kappa shape index (κ2) is 48.3. The molecule has 1 unspecified atom stereocenters. The van der Waals surface area contributed by atoms with Crippen LogP contribution in [0.1, 0.15) is 311 Å². The predicted octanol–water partition coefficient (Wildman–Crippen LogP) is 18.3. The second-order valence-electron chi connectivity index (χ2n) is 20.8. The highest BCUT2D eigenvalue weighted by Gasteiger charge is 2.19. The largest absolute Gasteiger partial charge is 0.462 e. The minimum absolute atomic E-state index is 0.0640. The van der Waals surface area contributed by atoms with Gasteiger partial charge in [-0.15, -0.1) is 0 Å². The van der Waals surface area contributed by atoms with E-state index in [1.165, 1.54) is 193 Å². The van der Waals surface area contributed by atoms with E-state index >= 15 is 0 Å². The molecule has 0 heterocycles. The van der Waals surface area contributed by atoms with Crippen molar-refractivity contribution in [2.45, 2.75) is 317 Å². The third kappa shape index (κ3) is 49.7. The summed E-state index contributed by atoms with van der Waals surface area (Å²) >= 11 is 0. The highest BCUT2D eigenvalue weighted by atomic mass is 16.6. The van der Waals surface area contributed by atoms with E-state index in [0.29, 0.717) is 19.3 Å². The van der Waals surface area contributed by atoms with Gasteiger partial charge >= 0.3 is 17.9 Å². The first-order valence-electron chi connectivity index (χ1n) is 28.1. The van der Waals surface area contributed by atoms with Crippen molar-refractivity contribution < 1.29 is 28.6 Å². The Morgan fingerprint density at radius 1 is 0.317 bits per heavy atom. The van der Waals surface area contributed by atoms with E-state index in [-0.39, 0.29) is 31.1 Å². The predicted molar refractivity (Wildman–Crippen MR) is 270 cm³/mol. The van der Waals surface area contributed by atoms with E-state index in [9.17, 15) is 14.4 Å². The minimum Gasteiger partial charge on any atom is -0.462 e. The second-order valence-corrected chi connectivity index (χ2v) is 20.8. The molecule has 6 nitrogen and oxygen atoms in total. The molecular weight excluding hydrogens is 781 g/mol. The topological polar surface area (TPSA) is 78.9 Å². The number of carbonyl (C=O) groups is 3. The minimum atomic E-state index is -0.763. The van der Waals surface area contributed by atoms with Gasteiger partial charge in [0.05, 0.1) is 0 Å². The summed E-state index contributed by atoms with van der Waals surface area (Å²) in [4.78, 5) is 38.1. The molecule has 0 rings (SSSR count). The van der Waals surface area contributed by atoms with Gasteiger partial charge in [-0.1, -0.05) is 273 Å². The lowest BCUT2D eigenvalue weighted by molar-refractivity contribution is -0.167. The van der Waals surface area contributed by atoms with Crippen LogP contribution in [0.3, 0.4) is 0 Å². The number of ether oxygens (including phenoxy) is 3. The molecule has 0 aliphatic rings. The van der Waals surface area contributed by atoms with Crippen molar-refractivity contribution in [3.05, 3.63) is 0 Å². The molecule has 0 radical (unpaired) electrons. The molecule has 0 spiro atoms. The Kier molecular flexibility index (Phi) is 47.1. The van der Waals surface area contributed by atoms with Crippen molar-refractivity contribution in [1.82, 2.24) is 0 Å². The van der Waals surface area contributed by atoms with Crippen LogP contribution in [-0.4, -0.2) is 37.2 Å². The SMILES string of the molecule is CCC(C)CCCCCCCCCCC(=O)OC[C@H](COC(=O)CCCCCCCCCCCCCCCC(C)C)OC(=O)CCCCCCCCCCCCCCCCC(C)C. The molecule has 0 aliphatic heterocycles. The van der Waals surface area contributed by atoms with Gasteiger partial charge in [-0.2, -0.15) is 0 Å². The summed E-state index contributed by atoms with van der Waals surface area (Å²) in [7, 11) is 0. The molecule has 0 bridgehead atoms. The maximum absolute atomic E-state index is 12.8. The van der Waals surface area contributed by atoms with Crippen LogP contribution in [0.5, 0.6) is 0 Å². The summed E-state index contributed by atoms with van der Waals surface area (Å²) in [5, 5.41) is 0. The summed E-state index contributed by atoms with van der Waals surface area (Å²) in [6.45, 7) is 13.8. The van der Waals surface area contributed by atoms with E-state index in [2.05, 4.69) is 41.5 Å². The molecule has 0 saturated carbocycles. The van der Waals surface area contributed by atoms with Crippen LogP contribution in [-0.2, 0) is 28.6 Å². The van der Waals surface area contributed by atoms with Crippen LogP contribution in [0, 0.1) is 17.8 Å². The molecule has 6 heteroatoms. The Balaban J connectivity index is 4.30. The lowest BCUT2D eigenvalue weighted by Crippen LogP contribution is -2.30. The van der Waals surface area contributed by atoms with Gasteiger partial charge in [0.2, 0.25) is 0 Å². The molecule has 0 amide bonds. The molecule has 0 aromatic heterocycles. The normalized spacial score (nSPS) is 12.6. The number of carbonyl (C=O) groups excluding carboxylic acids is 3. The average molecular weight is 892 g/mol. The summed E-state index contributed by atoms with van der Waals surface area (Å²) in [5.74, 6) is 1.68. The van der Waals surface area contributed by atoms with Gasteiger partial charge in [-0.3, -0.25) is 14.4 Å². The fourth-order valence-electron chi connectivity index (χ4n) is 8.61. The summed E-state index contributed by atoms with van der Waals surface area (Å²) in [5.41, 5.74) is 0. The van der Waals surface area contributed by atoms with Crippen LogP contribution < -0.4 is 0 Å². The van der Waals surface area contributed by atoms with Gasteiger partial charge in [-0.05, 0) is 37.0 Å². The number of hydrogen-bond acceptors (Lipinski definition) is 6. The zero-order valence-electron chi connectivity index (χ0n) is 43.4. The first kappa shape index (κ1) is 61.4. The molecule has 2 atom stereocenters. The van der Waals surface area contributed by atoms with Crippen molar-refractivity contribution >= 4 is 17.9 Å². The number of esters is 3. The lowest BCUT2D eigenvalue weighted by Gasteiger charge is -2.18. The highest BCUT2D eigenvalue weighted by molar-refractivity contribution is 5.71. The maximum Gasteiger partial charge on any atom is 0.306 e. The van der Waals surface area contributed by atoms with E-state index in [4.69, 9.17) is 14.2 Å². The van der Waals surface area contributed by atoms with E-state index in [0.717, 1.165) is 75.5 Å². The molecule has 63 heavy (non-hydrogen) atoms. The monoisotopic (exact) mass is 891 g/mol. The Bertz CT molecular complexity index is 978. The molecule has 0 saturated heterocycles. The maximum atomic E-state index is 12.8. The Morgan fingerprint density at radius 3 is 0.825 bits per heavy atom. The van der Waals surface area contributed by atoms with Gasteiger partial charge in [0.15, 0.2) is 6.10 Å². The third-order valence-electron chi connectivity index (χ3n) is 13.3. The summed E-state index contributed by atoms with van der Waals surface area (Å²) < 4.78 is 16.9. The molecular formula is C57H110O6. The molecule has 0 aromatic carbocycles. The third-order valence-corrected chi connectivity index (χ3v) is 13.3. The van der Waals surface area contributed by atoms with Gasteiger partial charge in [0, 0.05) is 19.3 Å². The smallest absolute Gasteiger partial charge is 0.306 e. The molecule has 0 aliphatic carbocycles. The van der Waals surface area contributed by atoms with Crippen molar-refractivity contribution in [1.29, 1.82) is 0 Å². The fraction of sp³-hybridized carbons (Fsp3) is 0.947. The van der Waals surface area contributed by atoms with Crippen LogP contribution in [0.15, 0.2) is 0 Å². The summed E-state index contributed by atoms with van der Waals surface area (Å²) in [6.07, 6.45) is 49.4. The molecule has 0 fully saturated rings. The van der Waals surface area contributed by atoms with Crippen LogP contribution >= 0.6 is 0 Å². The van der Waals surface area contributed by atoms with Crippen molar-refractivity contribution in [2.75, 3.05) is 13.2 Å². The van der Waals surface area contributed by atoms with Gasteiger partial charge in [0.1, 0.15) is 13.2 Å². The Hall–Kier alpha value is -1.59. The first-order valence-corrected chi connectivity index (χ1v) is 28.1. The Morgan fingerprint density at radius 2 is 0.556 bits per heavy atom. The quantitative estimate of drug-likeness (QED) is 0.0344. The van der Waals surface area contributed by atoms with Crippen LogP contribution in [0.2, 0.25) is 0 Å². The van der Waals surface area contributed by atoms with Crippen molar-refractivity contribution in [3.8, 4) is 0 Å². The first-order chi connectivity index (χ1) is 30.6. The van der Waals surface area contributed by atoms with Crippen molar-refractivity contribution in [3.63, 3.8) is 0 Å². The van der Waals surface area contributed by atoms with E-state index in [1.807, 2.05) is 0 Å². The molecule has 374 valence electrons. The fourth-order valence-corrected chi connectivity index (χ4v) is 8.61. The van der Waals surface area contributed by atoms with Gasteiger partial charge in [0.25, 0.3) is 0 Å². The number of hydrogen-bond donors (Lipinski definition) is 0. The number of rotatable bonds is 50. The van der Waals surface area contributed by atoms with Crippen LogP contribution in [0.4, 0.5) is 0 Å². The highest BCUT2D eigenvalue weighted by Crippen LogP contribution is 2.18. The zero-order chi connectivity index (χ0) is 46.3. The standard InChI is InChI=1S/C57H110O6/c1-7-53(6)45-39-33-27-23-24-29-35-41-47-56(59)62-50-54(49-61-55(58)46-40-34-28-21-17-14-10-12-16-20-26-32-38-44-52(4)5)63-57(60)48-42-36-30-22-18-13-9-8-11-15-19-25-31-37-43-51(2)3/h51-54H,7-50H2,1-6H3/t53?,54-/m0/s1. The van der Waals surface area contributed by atoms with Crippen LogP contribution in [0.25, 0.3) is 0 Å². The number of unbranched alkanes of at least 4 members (excludes halogenated alkanes) is 32. The molecule has 0 aromatic rings. The van der Waals surface area contributed by atoms with Gasteiger partial charge in [-0.25, -0.2) is 0 Å². The Labute approximate surface area is 393 Å². The van der Waals surface area contributed by atoms with E-state index in [1.54, 1.807) is 0 Å². The zero-order valence-corrected chi connectivity index (χ0v) is 43.4. The average Bonchev–Trinajstić information content (AvgIpc) is 3.25.